The molecule has 2 radical (unpaired) electrons. The van der Waals surface area contributed by atoms with E-state index in [4.69, 9.17) is 7.85 Å². The average Bonchev–Trinajstić information content (AvgIpc) is 1.83. The van der Waals surface area contributed by atoms with Gasteiger partial charge in [0.25, 0.3) is 0 Å². The Morgan fingerprint density at radius 1 is 1.33 bits per heavy atom. The molecule has 68 valence electrons. The zero-order valence-electron chi connectivity index (χ0n) is 9.15. The predicted molar refractivity (Wildman–Crippen MR) is 57.5 cm³/mol. The highest BCUT2D eigenvalue weighted by Crippen LogP contribution is 2.37. The molecule has 0 aliphatic rings. The molecule has 0 saturated heterocycles. The highest BCUT2D eigenvalue weighted by Gasteiger charge is 2.28. The number of allylic oxidation sites excluding steroid dienone is 1. The van der Waals surface area contributed by atoms with Gasteiger partial charge in [-0.1, -0.05) is 46.5 Å². The average molecular weight is 164 g/mol. The van der Waals surface area contributed by atoms with Crippen molar-refractivity contribution in [3.05, 3.63) is 12.2 Å². The Balaban J connectivity index is 4.56. The maximum Gasteiger partial charge on any atom is 0.0712 e. The van der Waals surface area contributed by atoms with Crippen molar-refractivity contribution in [3.8, 4) is 0 Å². The van der Waals surface area contributed by atoms with Crippen LogP contribution in [0.4, 0.5) is 0 Å². The first kappa shape index (κ1) is 11.8. The van der Waals surface area contributed by atoms with E-state index in [9.17, 15) is 0 Å². The molecule has 1 atom stereocenters. The predicted octanol–water partition coefficient (Wildman–Crippen LogP) is 3.45. The van der Waals surface area contributed by atoms with Crippen LogP contribution in [0, 0.1) is 17.3 Å². The quantitative estimate of drug-likeness (QED) is 0.442. The van der Waals surface area contributed by atoms with Crippen LogP contribution in [0.5, 0.6) is 0 Å². The van der Waals surface area contributed by atoms with E-state index >= 15 is 0 Å². The van der Waals surface area contributed by atoms with Gasteiger partial charge < -0.3 is 0 Å². The summed E-state index contributed by atoms with van der Waals surface area (Å²) >= 11 is 0. The summed E-state index contributed by atoms with van der Waals surface area (Å²) in [7, 11) is 5.61. The smallest absolute Gasteiger partial charge is 0.0712 e. The third-order valence-corrected chi connectivity index (χ3v) is 2.30. The fourth-order valence-electron chi connectivity index (χ4n) is 2.21. The molecule has 0 aromatic heterocycles. The lowest BCUT2D eigenvalue weighted by atomic mass is 9.68. The molecule has 0 rings (SSSR count). The molecule has 0 aliphatic heterocycles. The van der Waals surface area contributed by atoms with Gasteiger partial charge in [-0.2, -0.15) is 0 Å². The maximum absolute atomic E-state index is 5.61. The Kier molecular flexibility index (Phi) is 4.09. The molecular weight excluding hydrogens is 143 g/mol. The molecule has 0 fully saturated rings. The van der Waals surface area contributed by atoms with E-state index in [1.807, 2.05) is 0 Å². The second-order valence-corrected chi connectivity index (χ2v) is 4.95. The Morgan fingerprint density at radius 2 is 1.75 bits per heavy atom. The molecule has 1 unspecified atom stereocenters. The van der Waals surface area contributed by atoms with Crippen molar-refractivity contribution in [2.75, 3.05) is 0 Å². The van der Waals surface area contributed by atoms with Crippen LogP contribution < -0.4 is 0 Å². The molecular formula is C11H21B. The van der Waals surface area contributed by atoms with E-state index < -0.39 is 0 Å². The van der Waals surface area contributed by atoms with Crippen molar-refractivity contribution in [3.63, 3.8) is 0 Å². The summed E-state index contributed by atoms with van der Waals surface area (Å²) in [5.74, 6) is 1.16. The van der Waals surface area contributed by atoms with E-state index in [0.717, 1.165) is 0 Å². The second-order valence-electron chi connectivity index (χ2n) is 4.95. The molecule has 0 nitrogen and oxygen atoms in total. The molecule has 0 bridgehead atoms. The molecule has 12 heavy (non-hydrogen) atoms. The molecule has 0 aliphatic carbocycles. The summed E-state index contributed by atoms with van der Waals surface area (Å²) in [4.78, 5) is 0. The molecule has 0 aromatic carbocycles. The summed E-state index contributed by atoms with van der Waals surface area (Å²) < 4.78 is 0. The first-order valence-corrected chi connectivity index (χ1v) is 4.68. The lowest BCUT2D eigenvalue weighted by molar-refractivity contribution is 0.217. The second kappa shape index (κ2) is 4.16. The van der Waals surface area contributed by atoms with E-state index in [-0.39, 0.29) is 5.41 Å². The lowest BCUT2D eigenvalue weighted by Gasteiger charge is -2.35. The van der Waals surface area contributed by atoms with Crippen molar-refractivity contribution >= 4 is 7.85 Å². The molecule has 0 aromatic rings. The van der Waals surface area contributed by atoms with Crippen LogP contribution in [0.15, 0.2) is 12.2 Å². The Hall–Kier alpha value is -0.195. The largest absolute Gasteiger partial charge is 0.100 e. The third-order valence-electron chi connectivity index (χ3n) is 2.30. The standard InChI is InChI=1S/C11H21B/c1-8(2)10(9(3)7-12)11(4,5)6/h8,10H,3,7H2,1-2,4-6H3. The molecule has 0 amide bonds. The Labute approximate surface area is 78.9 Å². The third kappa shape index (κ3) is 3.04. The van der Waals surface area contributed by atoms with Crippen molar-refractivity contribution in [2.45, 2.75) is 40.9 Å². The zero-order valence-corrected chi connectivity index (χ0v) is 9.15. The number of rotatable bonds is 3. The normalized spacial score (nSPS) is 14.8. The van der Waals surface area contributed by atoms with Crippen LogP contribution in [-0.2, 0) is 0 Å². The Morgan fingerprint density at radius 3 is 1.83 bits per heavy atom. The summed E-state index contributed by atoms with van der Waals surface area (Å²) in [6.45, 7) is 15.2. The van der Waals surface area contributed by atoms with Crippen LogP contribution in [-0.4, -0.2) is 7.85 Å². The molecule has 0 spiro atoms. The fraction of sp³-hybridized carbons (Fsp3) is 0.818. The topological polar surface area (TPSA) is 0 Å². The summed E-state index contributed by atoms with van der Waals surface area (Å²) in [5, 5.41) is 0. The molecule has 0 saturated carbocycles. The van der Waals surface area contributed by atoms with Crippen molar-refractivity contribution in [2.24, 2.45) is 17.3 Å². The minimum Gasteiger partial charge on any atom is -0.100 e. The first-order valence-electron chi connectivity index (χ1n) is 4.68. The van der Waals surface area contributed by atoms with Gasteiger partial charge in [-0.25, -0.2) is 0 Å². The van der Waals surface area contributed by atoms with Gasteiger partial charge in [-0.15, -0.1) is 6.58 Å². The van der Waals surface area contributed by atoms with Crippen molar-refractivity contribution in [1.82, 2.24) is 0 Å². The van der Waals surface area contributed by atoms with Gasteiger partial charge in [-0.05, 0) is 17.3 Å². The van der Waals surface area contributed by atoms with Gasteiger partial charge in [0.1, 0.15) is 0 Å². The van der Waals surface area contributed by atoms with Crippen LogP contribution in [0.1, 0.15) is 34.6 Å². The SMILES string of the molecule is [B]CC(=C)C(C(C)C)C(C)(C)C. The van der Waals surface area contributed by atoms with Crippen molar-refractivity contribution in [1.29, 1.82) is 0 Å². The molecule has 0 N–H and O–H groups in total. The molecule has 1 heteroatoms. The highest BCUT2D eigenvalue weighted by atomic mass is 14.3. The van der Waals surface area contributed by atoms with E-state index in [1.54, 1.807) is 0 Å². The van der Waals surface area contributed by atoms with Crippen LogP contribution in [0.2, 0.25) is 6.32 Å². The van der Waals surface area contributed by atoms with Gasteiger partial charge in [0, 0.05) is 0 Å². The van der Waals surface area contributed by atoms with E-state index in [0.29, 0.717) is 18.2 Å². The van der Waals surface area contributed by atoms with Crippen LogP contribution in [0.3, 0.4) is 0 Å². The summed E-state index contributed by atoms with van der Waals surface area (Å²) in [5.41, 5.74) is 1.46. The van der Waals surface area contributed by atoms with Crippen LogP contribution >= 0.6 is 0 Å². The van der Waals surface area contributed by atoms with E-state index in [1.165, 1.54) is 5.57 Å². The summed E-state index contributed by atoms with van der Waals surface area (Å²) in [6.07, 6.45) is 0.611. The van der Waals surface area contributed by atoms with Crippen molar-refractivity contribution < 1.29 is 0 Å². The lowest BCUT2D eigenvalue weighted by Crippen LogP contribution is -2.26. The van der Waals surface area contributed by atoms with Gasteiger partial charge in [0.15, 0.2) is 0 Å². The van der Waals surface area contributed by atoms with Gasteiger partial charge in [-0.3, -0.25) is 0 Å². The first-order chi connectivity index (χ1) is 5.30. The number of hydrogen-bond acceptors (Lipinski definition) is 0. The highest BCUT2D eigenvalue weighted by molar-refractivity contribution is 6.10. The fourth-order valence-corrected chi connectivity index (χ4v) is 2.21. The monoisotopic (exact) mass is 164 g/mol. The maximum atomic E-state index is 5.61. The van der Waals surface area contributed by atoms with Gasteiger partial charge in [0.2, 0.25) is 0 Å². The zero-order chi connectivity index (χ0) is 9.94. The number of hydrogen-bond donors (Lipinski definition) is 0. The van der Waals surface area contributed by atoms with Gasteiger partial charge >= 0.3 is 0 Å². The van der Waals surface area contributed by atoms with Gasteiger partial charge in [0.05, 0.1) is 7.85 Å². The minimum absolute atomic E-state index is 0.282. The van der Waals surface area contributed by atoms with Crippen LogP contribution in [0.25, 0.3) is 0 Å². The Bertz CT molecular complexity index is 151. The van der Waals surface area contributed by atoms with E-state index in [2.05, 4.69) is 41.2 Å². The minimum atomic E-state index is 0.282. The summed E-state index contributed by atoms with van der Waals surface area (Å²) in [6, 6.07) is 0. The molecule has 0 heterocycles.